The lowest BCUT2D eigenvalue weighted by Gasteiger charge is -2.27. The number of sulfonamides is 1. The number of methoxy groups -OCH3 is 2. The molecular formula is C39H44F3N7O15S. The van der Waals surface area contributed by atoms with Crippen LogP contribution in [0, 0.1) is 0 Å². The first-order valence-electron chi connectivity index (χ1n) is 19.8. The van der Waals surface area contributed by atoms with Crippen LogP contribution in [0.3, 0.4) is 0 Å². The van der Waals surface area contributed by atoms with Gasteiger partial charge in [-0.15, -0.1) is 5.10 Å². The maximum absolute atomic E-state index is 14.0. The van der Waals surface area contributed by atoms with Gasteiger partial charge in [0, 0.05) is 6.42 Å². The Morgan fingerprint density at radius 3 is 1.89 bits per heavy atom. The van der Waals surface area contributed by atoms with Crippen molar-refractivity contribution in [1.29, 1.82) is 0 Å². The molecule has 1 fully saturated rings. The summed E-state index contributed by atoms with van der Waals surface area (Å²) in [5.74, 6) is -3.35. The van der Waals surface area contributed by atoms with Crippen LogP contribution in [0.25, 0.3) is 5.65 Å². The van der Waals surface area contributed by atoms with Crippen molar-refractivity contribution in [3.63, 3.8) is 0 Å². The zero-order valence-corrected chi connectivity index (χ0v) is 35.7. The van der Waals surface area contributed by atoms with E-state index in [-0.39, 0.29) is 126 Å². The number of hydrogen-bond donors (Lipinski definition) is 2. The lowest BCUT2D eigenvalue weighted by atomic mass is 10.0. The number of alkyl halides is 3. The second kappa shape index (κ2) is 22.1. The number of carbonyl (C=O) groups is 4. The van der Waals surface area contributed by atoms with Gasteiger partial charge in [-0.3, -0.25) is 29.4 Å². The average Bonchev–Trinajstić information content (AvgIpc) is 3.80. The molecule has 0 saturated carbocycles. The molecule has 22 nitrogen and oxygen atoms in total. The van der Waals surface area contributed by atoms with Gasteiger partial charge in [0.2, 0.25) is 17.5 Å². The van der Waals surface area contributed by atoms with Crippen molar-refractivity contribution in [2.24, 2.45) is 0 Å². The fraction of sp³-hybridized carbons (Fsp3) is 0.462. The summed E-state index contributed by atoms with van der Waals surface area (Å²) in [7, 11) is -2.41. The fourth-order valence-corrected chi connectivity index (χ4v) is 7.76. The molecule has 4 heterocycles. The molecule has 0 bridgehead atoms. The smallest absolute Gasteiger partial charge is 0.417 e. The first-order valence-corrected chi connectivity index (χ1v) is 21.3. The number of nitrogens with one attached hydrogen (secondary N) is 2. The summed E-state index contributed by atoms with van der Waals surface area (Å²) in [6.45, 7) is 1.64. The van der Waals surface area contributed by atoms with E-state index in [4.69, 9.17) is 42.6 Å². The highest BCUT2D eigenvalue weighted by molar-refractivity contribution is 7.92. The minimum absolute atomic E-state index is 0.0142. The predicted molar refractivity (Wildman–Crippen MR) is 214 cm³/mol. The van der Waals surface area contributed by atoms with Gasteiger partial charge in [0.15, 0.2) is 5.75 Å². The normalized spacial score (nSPS) is 15.3. The van der Waals surface area contributed by atoms with Crippen LogP contribution in [-0.2, 0) is 49.5 Å². The van der Waals surface area contributed by atoms with Crippen LogP contribution in [-0.4, -0.2) is 156 Å². The summed E-state index contributed by atoms with van der Waals surface area (Å²) < 4.78 is 121. The van der Waals surface area contributed by atoms with Crippen LogP contribution in [0.4, 0.5) is 19.1 Å². The molecule has 6 rings (SSSR count). The second-order valence-electron chi connectivity index (χ2n) is 13.6. The number of imide groups is 2. The fourth-order valence-electron chi connectivity index (χ4n) is 6.47. The number of hydrogen-bond acceptors (Lipinski definition) is 18. The highest BCUT2D eigenvalue weighted by Gasteiger charge is 2.46. The average molecular weight is 940 g/mol. The third-order valence-corrected chi connectivity index (χ3v) is 10.8. The third-order valence-electron chi connectivity index (χ3n) is 9.37. The molecule has 2 aromatic carbocycles. The van der Waals surface area contributed by atoms with Gasteiger partial charge in [0.1, 0.15) is 35.7 Å². The van der Waals surface area contributed by atoms with Gasteiger partial charge in [0.25, 0.3) is 27.8 Å². The molecule has 1 atom stereocenters. The number of amides is 4. The monoisotopic (exact) mass is 939 g/mol. The van der Waals surface area contributed by atoms with Crippen LogP contribution in [0.2, 0.25) is 0 Å². The molecule has 4 amide bonds. The first-order chi connectivity index (χ1) is 31.2. The Kier molecular flexibility index (Phi) is 16.4. The minimum atomic E-state index is -5.07. The molecule has 352 valence electrons. The molecule has 1 saturated heterocycles. The largest absolute Gasteiger partial charge is 0.491 e. The Morgan fingerprint density at radius 1 is 0.754 bits per heavy atom. The van der Waals surface area contributed by atoms with Crippen LogP contribution in [0.1, 0.15) is 39.1 Å². The van der Waals surface area contributed by atoms with Crippen LogP contribution < -0.4 is 29.0 Å². The Bertz CT molecular complexity index is 2410. The van der Waals surface area contributed by atoms with Crippen molar-refractivity contribution < 1.29 is 83.4 Å². The number of fused-ring (bicyclic) bond motifs is 2. The van der Waals surface area contributed by atoms with E-state index in [1.807, 2.05) is 4.72 Å². The van der Waals surface area contributed by atoms with Crippen LogP contribution >= 0.6 is 0 Å². The van der Waals surface area contributed by atoms with E-state index >= 15 is 0 Å². The summed E-state index contributed by atoms with van der Waals surface area (Å²) >= 11 is 0. The molecule has 65 heavy (non-hydrogen) atoms. The van der Waals surface area contributed by atoms with Crippen molar-refractivity contribution in [1.82, 2.24) is 29.8 Å². The molecule has 2 aromatic heterocycles. The summed E-state index contributed by atoms with van der Waals surface area (Å²) in [6.07, 6.45) is -3.76. The molecule has 0 aliphatic carbocycles. The van der Waals surface area contributed by atoms with Crippen LogP contribution in [0.5, 0.6) is 23.3 Å². The number of rotatable bonds is 26. The summed E-state index contributed by atoms with van der Waals surface area (Å²) in [4.78, 5) is 57.6. The van der Waals surface area contributed by atoms with E-state index in [1.165, 1.54) is 26.5 Å². The van der Waals surface area contributed by atoms with E-state index in [9.17, 15) is 40.8 Å². The highest BCUT2D eigenvalue weighted by atomic mass is 32.2. The van der Waals surface area contributed by atoms with Crippen molar-refractivity contribution in [3.05, 3.63) is 59.3 Å². The zero-order chi connectivity index (χ0) is 46.6. The number of piperidine rings is 1. The zero-order valence-electron chi connectivity index (χ0n) is 34.9. The third kappa shape index (κ3) is 11.9. The van der Waals surface area contributed by atoms with Crippen LogP contribution in [0.15, 0.2) is 47.5 Å². The van der Waals surface area contributed by atoms with E-state index in [0.29, 0.717) is 6.07 Å². The molecule has 0 radical (unpaired) electrons. The van der Waals surface area contributed by atoms with Gasteiger partial charge in [-0.2, -0.15) is 27.7 Å². The van der Waals surface area contributed by atoms with Gasteiger partial charge in [-0.05, 0) is 30.7 Å². The van der Waals surface area contributed by atoms with E-state index in [2.05, 4.69) is 20.4 Å². The first kappa shape index (κ1) is 48.3. The van der Waals surface area contributed by atoms with Crippen molar-refractivity contribution in [2.75, 3.05) is 98.2 Å². The van der Waals surface area contributed by atoms with Gasteiger partial charge in [0.05, 0.1) is 103 Å². The number of carbonyl (C=O) groups excluding carboxylic acids is 4. The Hall–Kier alpha value is -6.19. The lowest BCUT2D eigenvalue weighted by Crippen LogP contribution is -2.54. The topological polar surface area (TPSA) is 256 Å². The molecule has 26 heteroatoms. The van der Waals surface area contributed by atoms with E-state index in [0.717, 1.165) is 21.5 Å². The lowest BCUT2D eigenvalue weighted by molar-refractivity contribution is -0.140. The van der Waals surface area contributed by atoms with Crippen molar-refractivity contribution in [3.8, 4) is 23.3 Å². The SMILES string of the molecule is COc1cnc(OC)n2nc(NS(=O)(=O)c3c(OCCOCCOCCOCCOCCOCCOc4cccc5c4C(=O)N(C4CCC(=O)NC4=O)C5=O)cccc3C(F)(F)F)nc12. The molecule has 2 aliphatic heterocycles. The number of ether oxygens (including phenoxy) is 9. The molecule has 1 unspecified atom stereocenters. The maximum atomic E-state index is 14.0. The highest BCUT2D eigenvalue weighted by Crippen LogP contribution is 2.40. The predicted octanol–water partition coefficient (Wildman–Crippen LogP) is 1.90. The summed E-state index contributed by atoms with van der Waals surface area (Å²) in [6, 6.07) is 6.10. The molecular weight excluding hydrogens is 896 g/mol. The number of anilines is 1. The van der Waals surface area contributed by atoms with E-state index < -0.39 is 68.0 Å². The quantitative estimate of drug-likeness (QED) is 0.0673. The minimum Gasteiger partial charge on any atom is -0.491 e. The number of nitrogens with zero attached hydrogens (tertiary/aromatic N) is 5. The van der Waals surface area contributed by atoms with E-state index in [1.54, 1.807) is 12.1 Å². The Balaban J connectivity index is 0.811. The standard InChI is InChI=1S/C39H44F3N7O15S/c1-56-29-23-43-38(57-2)49-33(29)45-37(46-49)47-65(54,55)32-25(39(40,41)42)6-4-8-28(32)64-22-20-62-18-16-60-14-12-58-11-13-59-15-17-61-19-21-63-27-7-3-5-24-31(27)36(53)48(35(24)52)26-9-10-30(50)44-34(26)51/h3-8,23,26H,9-22H2,1-2H3,(H,46,47)(H,44,50,51). The van der Waals surface area contributed by atoms with Gasteiger partial charge >= 0.3 is 12.2 Å². The maximum Gasteiger partial charge on any atom is 0.417 e. The van der Waals surface area contributed by atoms with Gasteiger partial charge in [-0.1, -0.05) is 12.1 Å². The summed E-state index contributed by atoms with van der Waals surface area (Å²) in [5.41, 5.74) is -1.33. The number of halogens is 3. The van der Waals surface area contributed by atoms with Crippen molar-refractivity contribution >= 4 is 45.2 Å². The molecule has 2 N–H and O–H groups in total. The molecule has 4 aromatic rings. The Labute approximate surface area is 368 Å². The number of benzene rings is 2. The van der Waals surface area contributed by atoms with Gasteiger partial charge in [-0.25, -0.2) is 13.1 Å². The number of aromatic nitrogens is 4. The molecule has 2 aliphatic rings. The summed E-state index contributed by atoms with van der Waals surface area (Å²) in [5, 5.41) is 6.11. The molecule has 0 spiro atoms. The second-order valence-corrected chi connectivity index (χ2v) is 15.2. The van der Waals surface area contributed by atoms with Gasteiger partial charge < -0.3 is 42.6 Å². The Morgan fingerprint density at radius 2 is 1.32 bits per heavy atom. The van der Waals surface area contributed by atoms with Crippen molar-refractivity contribution in [2.45, 2.75) is 30.0 Å².